The Morgan fingerprint density at radius 2 is 2.31 bits per heavy atom. The summed E-state index contributed by atoms with van der Waals surface area (Å²) in [7, 11) is 0. The highest BCUT2D eigenvalue weighted by atomic mass is 16.1. The Morgan fingerprint density at radius 1 is 1.56 bits per heavy atom. The highest BCUT2D eigenvalue weighted by Gasteiger charge is 2.06. The van der Waals surface area contributed by atoms with Crippen molar-refractivity contribution in [2.45, 2.75) is 26.7 Å². The zero-order valence-electron chi connectivity index (χ0n) is 9.86. The molecule has 0 radical (unpaired) electrons. The molecular formula is C12H19N3O. The van der Waals surface area contributed by atoms with Crippen molar-refractivity contribution in [1.29, 1.82) is 0 Å². The summed E-state index contributed by atoms with van der Waals surface area (Å²) in [6, 6.07) is 3.73. The Morgan fingerprint density at radius 3 is 2.88 bits per heavy atom. The Kier molecular flexibility index (Phi) is 4.92. The summed E-state index contributed by atoms with van der Waals surface area (Å²) >= 11 is 0. The normalized spacial score (nSPS) is 12.2. The van der Waals surface area contributed by atoms with E-state index in [0.29, 0.717) is 24.7 Å². The minimum atomic E-state index is -0.00310. The molecule has 1 heterocycles. The zero-order valence-corrected chi connectivity index (χ0v) is 9.86. The summed E-state index contributed by atoms with van der Waals surface area (Å²) < 4.78 is 0. The van der Waals surface area contributed by atoms with Gasteiger partial charge in [0.15, 0.2) is 0 Å². The highest BCUT2D eigenvalue weighted by Crippen LogP contribution is 2.07. The van der Waals surface area contributed by atoms with Gasteiger partial charge < -0.3 is 11.1 Å². The van der Waals surface area contributed by atoms with Gasteiger partial charge in [0.1, 0.15) is 5.82 Å². The van der Waals surface area contributed by atoms with Crippen molar-refractivity contribution in [3.05, 3.63) is 23.9 Å². The molecule has 0 aromatic carbocycles. The lowest BCUT2D eigenvalue weighted by atomic mass is 10.1. The van der Waals surface area contributed by atoms with Crippen LogP contribution in [0.4, 0.5) is 5.82 Å². The third-order valence-corrected chi connectivity index (χ3v) is 2.45. The van der Waals surface area contributed by atoms with E-state index in [1.165, 1.54) is 0 Å². The molecule has 88 valence electrons. The fourth-order valence-electron chi connectivity index (χ4n) is 1.24. The molecule has 4 nitrogen and oxygen atoms in total. The molecule has 1 rings (SSSR count). The molecule has 0 aliphatic heterocycles. The van der Waals surface area contributed by atoms with Crippen molar-refractivity contribution in [2.75, 3.05) is 11.9 Å². The van der Waals surface area contributed by atoms with E-state index in [9.17, 15) is 4.79 Å². The second kappa shape index (κ2) is 6.23. The summed E-state index contributed by atoms with van der Waals surface area (Å²) in [5, 5.41) is 2.76. The predicted octanol–water partition coefficient (Wildman–Crippen LogP) is 1.70. The number of anilines is 1. The van der Waals surface area contributed by atoms with Gasteiger partial charge in [0.25, 0.3) is 0 Å². The second-order valence-electron chi connectivity index (χ2n) is 4.15. The molecule has 4 heteroatoms. The molecule has 0 aliphatic rings. The van der Waals surface area contributed by atoms with Crippen LogP contribution in [0.15, 0.2) is 18.3 Å². The van der Waals surface area contributed by atoms with Gasteiger partial charge in [-0.15, -0.1) is 0 Å². The van der Waals surface area contributed by atoms with E-state index in [-0.39, 0.29) is 5.91 Å². The molecule has 16 heavy (non-hydrogen) atoms. The summed E-state index contributed by atoms with van der Waals surface area (Å²) in [4.78, 5) is 15.6. The first-order valence-electron chi connectivity index (χ1n) is 5.54. The third-order valence-electron chi connectivity index (χ3n) is 2.45. The maximum absolute atomic E-state index is 11.5. The largest absolute Gasteiger partial charge is 0.330 e. The Bertz CT molecular complexity index is 335. The summed E-state index contributed by atoms with van der Waals surface area (Å²) in [5.74, 6) is 0.990. The smallest absolute Gasteiger partial charge is 0.225 e. The molecule has 3 N–H and O–H groups in total. The number of amides is 1. The van der Waals surface area contributed by atoms with Gasteiger partial charge in [0.05, 0.1) is 0 Å². The average molecular weight is 221 g/mol. The van der Waals surface area contributed by atoms with E-state index in [0.717, 1.165) is 12.0 Å². The molecule has 1 aromatic heterocycles. The number of hydrogen-bond donors (Lipinski definition) is 2. The van der Waals surface area contributed by atoms with Gasteiger partial charge in [-0.05, 0) is 37.4 Å². The van der Waals surface area contributed by atoms with E-state index < -0.39 is 0 Å². The van der Waals surface area contributed by atoms with Gasteiger partial charge in [-0.1, -0.05) is 13.0 Å². The SMILES string of the molecule is Cc1ccc(NC(=O)CCC(C)CN)nc1. The molecule has 0 saturated heterocycles. The van der Waals surface area contributed by atoms with Crippen LogP contribution in [0.5, 0.6) is 0 Å². The summed E-state index contributed by atoms with van der Waals surface area (Å²) in [6.45, 7) is 4.62. The van der Waals surface area contributed by atoms with Crippen LogP contribution in [0, 0.1) is 12.8 Å². The number of nitrogens with one attached hydrogen (secondary N) is 1. The fraction of sp³-hybridized carbons (Fsp3) is 0.500. The zero-order chi connectivity index (χ0) is 12.0. The van der Waals surface area contributed by atoms with Crippen LogP contribution in [-0.2, 0) is 4.79 Å². The van der Waals surface area contributed by atoms with Gasteiger partial charge in [0, 0.05) is 12.6 Å². The molecule has 1 amide bonds. The van der Waals surface area contributed by atoms with Crippen LogP contribution >= 0.6 is 0 Å². The van der Waals surface area contributed by atoms with Gasteiger partial charge >= 0.3 is 0 Å². The first kappa shape index (κ1) is 12.6. The van der Waals surface area contributed by atoms with E-state index in [4.69, 9.17) is 5.73 Å². The van der Waals surface area contributed by atoms with Crippen LogP contribution in [0.25, 0.3) is 0 Å². The van der Waals surface area contributed by atoms with Crippen molar-refractivity contribution in [2.24, 2.45) is 11.7 Å². The minimum absolute atomic E-state index is 0.00310. The number of carbonyl (C=O) groups is 1. The predicted molar refractivity (Wildman–Crippen MR) is 65.1 cm³/mol. The minimum Gasteiger partial charge on any atom is -0.330 e. The van der Waals surface area contributed by atoms with Crippen molar-refractivity contribution < 1.29 is 4.79 Å². The Balaban J connectivity index is 2.37. The first-order chi connectivity index (χ1) is 7.61. The van der Waals surface area contributed by atoms with Crippen LogP contribution in [0.1, 0.15) is 25.3 Å². The molecule has 0 aliphatic carbocycles. The van der Waals surface area contributed by atoms with Gasteiger partial charge in [-0.3, -0.25) is 4.79 Å². The lowest BCUT2D eigenvalue weighted by Gasteiger charge is -2.08. The van der Waals surface area contributed by atoms with Gasteiger partial charge in [-0.2, -0.15) is 0 Å². The van der Waals surface area contributed by atoms with Crippen LogP contribution in [0.2, 0.25) is 0 Å². The topological polar surface area (TPSA) is 68.0 Å². The number of aromatic nitrogens is 1. The highest BCUT2D eigenvalue weighted by molar-refractivity contribution is 5.89. The first-order valence-corrected chi connectivity index (χ1v) is 5.54. The number of nitrogens with two attached hydrogens (primary N) is 1. The molecular weight excluding hydrogens is 202 g/mol. The molecule has 1 atom stereocenters. The number of aryl methyl sites for hydroxylation is 1. The van der Waals surface area contributed by atoms with E-state index >= 15 is 0 Å². The molecule has 0 fully saturated rings. The van der Waals surface area contributed by atoms with Gasteiger partial charge in [-0.25, -0.2) is 4.98 Å². The van der Waals surface area contributed by atoms with Gasteiger partial charge in [0.2, 0.25) is 5.91 Å². The third kappa shape index (κ3) is 4.40. The average Bonchev–Trinajstić information content (AvgIpc) is 2.29. The second-order valence-corrected chi connectivity index (χ2v) is 4.15. The number of pyridine rings is 1. The van der Waals surface area contributed by atoms with Crippen LogP contribution < -0.4 is 11.1 Å². The summed E-state index contributed by atoms with van der Waals surface area (Å²) in [5.41, 5.74) is 6.56. The maximum Gasteiger partial charge on any atom is 0.225 e. The van der Waals surface area contributed by atoms with Crippen molar-refractivity contribution in [3.8, 4) is 0 Å². The molecule has 1 unspecified atom stereocenters. The molecule has 0 bridgehead atoms. The Labute approximate surface area is 96.3 Å². The molecule has 0 saturated carbocycles. The van der Waals surface area contributed by atoms with Crippen molar-refractivity contribution >= 4 is 11.7 Å². The van der Waals surface area contributed by atoms with Crippen LogP contribution in [-0.4, -0.2) is 17.4 Å². The number of rotatable bonds is 5. The number of hydrogen-bond acceptors (Lipinski definition) is 3. The van der Waals surface area contributed by atoms with Crippen molar-refractivity contribution in [3.63, 3.8) is 0 Å². The monoisotopic (exact) mass is 221 g/mol. The Hall–Kier alpha value is -1.42. The molecule has 0 spiro atoms. The quantitative estimate of drug-likeness (QED) is 0.795. The van der Waals surface area contributed by atoms with Crippen molar-refractivity contribution in [1.82, 2.24) is 4.98 Å². The lowest BCUT2D eigenvalue weighted by molar-refractivity contribution is -0.116. The van der Waals surface area contributed by atoms with E-state index in [1.807, 2.05) is 19.9 Å². The van der Waals surface area contributed by atoms with E-state index in [2.05, 4.69) is 10.3 Å². The number of nitrogens with zero attached hydrogens (tertiary/aromatic N) is 1. The molecule has 1 aromatic rings. The number of carbonyl (C=O) groups excluding carboxylic acids is 1. The van der Waals surface area contributed by atoms with Crippen LogP contribution in [0.3, 0.4) is 0 Å². The lowest BCUT2D eigenvalue weighted by Crippen LogP contribution is -2.16. The fourth-order valence-corrected chi connectivity index (χ4v) is 1.24. The summed E-state index contributed by atoms with van der Waals surface area (Å²) in [6.07, 6.45) is 3.04. The maximum atomic E-state index is 11.5. The standard InChI is InChI=1S/C12H19N3O/c1-9(7-13)4-6-12(16)15-11-5-3-10(2)8-14-11/h3,5,8-9H,4,6-7,13H2,1-2H3,(H,14,15,16). The van der Waals surface area contributed by atoms with E-state index in [1.54, 1.807) is 12.3 Å².